The zero-order chi connectivity index (χ0) is 25.7. The number of amides is 1. The highest BCUT2D eigenvalue weighted by Gasteiger charge is 2.28. The van der Waals surface area contributed by atoms with Gasteiger partial charge in [0.15, 0.2) is 11.5 Å². The van der Waals surface area contributed by atoms with Gasteiger partial charge >= 0.3 is 0 Å². The molecule has 0 aliphatic carbocycles. The standard InChI is InChI=1S/C26H25ClN4O5/c1-33-21-14-18(15-22(34-2)24(21)35-3)25(32)30-10-12-31(13-11-30)26-20(16-28)29-23(36-26)9-8-17-6-4-5-7-19(17)27/h4-9,14-15H,10-13H2,1-3H3/b9-8+. The topological polar surface area (TPSA) is 101 Å². The molecule has 0 spiro atoms. The van der Waals surface area contributed by atoms with Gasteiger partial charge in [0, 0.05) is 42.8 Å². The number of carbonyl (C=O) groups is 1. The van der Waals surface area contributed by atoms with E-state index >= 15 is 0 Å². The number of piperazine rings is 1. The summed E-state index contributed by atoms with van der Waals surface area (Å²) in [5, 5.41) is 10.2. The van der Waals surface area contributed by atoms with Crippen LogP contribution in [0.5, 0.6) is 17.2 Å². The Hall–Kier alpha value is -4.16. The Morgan fingerprint density at radius 3 is 2.31 bits per heavy atom. The molecule has 10 heteroatoms. The maximum Gasteiger partial charge on any atom is 0.254 e. The van der Waals surface area contributed by atoms with Crippen molar-refractivity contribution >= 4 is 35.5 Å². The Labute approximate surface area is 214 Å². The lowest BCUT2D eigenvalue weighted by Gasteiger charge is -2.34. The van der Waals surface area contributed by atoms with Crippen molar-refractivity contribution in [3.63, 3.8) is 0 Å². The molecule has 36 heavy (non-hydrogen) atoms. The van der Waals surface area contributed by atoms with Crippen LogP contribution < -0.4 is 19.1 Å². The van der Waals surface area contributed by atoms with E-state index in [2.05, 4.69) is 11.1 Å². The number of hydrogen-bond donors (Lipinski definition) is 0. The Bertz CT molecular complexity index is 1300. The minimum atomic E-state index is -0.157. The van der Waals surface area contributed by atoms with Gasteiger partial charge in [-0.2, -0.15) is 10.2 Å². The number of nitriles is 1. The van der Waals surface area contributed by atoms with Crippen molar-refractivity contribution in [2.24, 2.45) is 0 Å². The zero-order valence-electron chi connectivity index (χ0n) is 20.2. The van der Waals surface area contributed by atoms with Gasteiger partial charge in [-0.15, -0.1) is 0 Å². The van der Waals surface area contributed by atoms with Crippen molar-refractivity contribution in [2.75, 3.05) is 52.4 Å². The van der Waals surface area contributed by atoms with Crippen molar-refractivity contribution in [3.05, 3.63) is 64.1 Å². The van der Waals surface area contributed by atoms with Crippen LogP contribution in [-0.4, -0.2) is 63.3 Å². The summed E-state index contributed by atoms with van der Waals surface area (Å²) in [4.78, 5) is 21.1. The maximum atomic E-state index is 13.2. The van der Waals surface area contributed by atoms with Crippen LogP contribution >= 0.6 is 11.6 Å². The van der Waals surface area contributed by atoms with Gasteiger partial charge in [0.05, 0.1) is 21.3 Å². The van der Waals surface area contributed by atoms with E-state index in [1.165, 1.54) is 21.3 Å². The predicted octanol–water partition coefficient (Wildman–Crippen LogP) is 4.36. The van der Waals surface area contributed by atoms with Crippen molar-refractivity contribution in [3.8, 4) is 23.3 Å². The van der Waals surface area contributed by atoms with E-state index in [0.29, 0.717) is 65.8 Å². The number of halogens is 1. The highest BCUT2D eigenvalue weighted by Crippen LogP contribution is 2.38. The van der Waals surface area contributed by atoms with Crippen LogP contribution in [0.4, 0.5) is 5.88 Å². The Morgan fingerprint density at radius 1 is 1.06 bits per heavy atom. The third-order valence-corrected chi connectivity index (χ3v) is 6.15. The maximum absolute atomic E-state index is 13.2. The lowest BCUT2D eigenvalue weighted by molar-refractivity contribution is 0.0744. The highest BCUT2D eigenvalue weighted by molar-refractivity contribution is 6.32. The smallest absolute Gasteiger partial charge is 0.254 e. The Kier molecular flexibility index (Phi) is 7.66. The van der Waals surface area contributed by atoms with Crippen LogP contribution in [0, 0.1) is 11.3 Å². The minimum absolute atomic E-state index is 0.157. The fraction of sp³-hybridized carbons (Fsp3) is 0.269. The predicted molar refractivity (Wildman–Crippen MR) is 136 cm³/mol. The molecule has 1 amide bonds. The van der Waals surface area contributed by atoms with E-state index in [0.717, 1.165) is 5.56 Å². The molecule has 2 heterocycles. The number of carbonyl (C=O) groups excluding carboxylic acids is 1. The molecule has 4 rings (SSSR count). The van der Waals surface area contributed by atoms with Crippen LogP contribution in [-0.2, 0) is 0 Å². The van der Waals surface area contributed by atoms with Crippen LogP contribution in [0.15, 0.2) is 40.8 Å². The quantitative estimate of drug-likeness (QED) is 0.464. The van der Waals surface area contributed by atoms with Crippen LogP contribution in [0.3, 0.4) is 0 Å². The zero-order valence-corrected chi connectivity index (χ0v) is 20.9. The largest absolute Gasteiger partial charge is 0.493 e. The minimum Gasteiger partial charge on any atom is -0.493 e. The van der Waals surface area contributed by atoms with Crippen molar-refractivity contribution in [2.45, 2.75) is 0 Å². The van der Waals surface area contributed by atoms with Crippen molar-refractivity contribution in [1.29, 1.82) is 5.26 Å². The van der Waals surface area contributed by atoms with Gasteiger partial charge in [-0.05, 0) is 29.8 Å². The molecule has 1 aromatic heterocycles. The molecular weight excluding hydrogens is 484 g/mol. The number of methoxy groups -OCH3 is 3. The summed E-state index contributed by atoms with van der Waals surface area (Å²) in [6.07, 6.45) is 3.46. The van der Waals surface area contributed by atoms with Gasteiger partial charge in [0.25, 0.3) is 5.91 Å². The van der Waals surface area contributed by atoms with Crippen LogP contribution in [0.25, 0.3) is 12.2 Å². The summed E-state index contributed by atoms with van der Waals surface area (Å²) in [6, 6.07) is 12.8. The SMILES string of the molecule is COc1cc(C(=O)N2CCN(c3oc(/C=C/c4ccccc4Cl)nc3C#N)CC2)cc(OC)c1OC. The molecule has 0 atom stereocenters. The molecule has 0 bridgehead atoms. The average molecular weight is 509 g/mol. The summed E-state index contributed by atoms with van der Waals surface area (Å²) >= 11 is 6.19. The van der Waals surface area contributed by atoms with Crippen molar-refractivity contribution < 1.29 is 23.4 Å². The Morgan fingerprint density at radius 2 is 1.72 bits per heavy atom. The van der Waals surface area contributed by atoms with E-state index in [1.54, 1.807) is 35.3 Å². The Balaban J connectivity index is 1.47. The molecule has 0 unspecified atom stereocenters. The first-order valence-electron chi connectivity index (χ1n) is 11.2. The summed E-state index contributed by atoms with van der Waals surface area (Å²) in [7, 11) is 4.52. The molecular formula is C26H25ClN4O5. The fourth-order valence-corrected chi connectivity index (χ4v) is 4.16. The molecule has 1 saturated heterocycles. The molecule has 1 fully saturated rings. The monoisotopic (exact) mass is 508 g/mol. The number of anilines is 1. The summed E-state index contributed by atoms with van der Waals surface area (Å²) in [5.74, 6) is 1.78. The number of benzene rings is 2. The number of nitrogens with zero attached hydrogens (tertiary/aromatic N) is 4. The molecule has 2 aromatic carbocycles. The summed E-state index contributed by atoms with van der Waals surface area (Å²) in [5.41, 5.74) is 1.44. The molecule has 0 saturated carbocycles. The van der Waals surface area contributed by atoms with Gasteiger partial charge in [0.2, 0.25) is 23.2 Å². The third-order valence-electron chi connectivity index (χ3n) is 5.81. The van der Waals surface area contributed by atoms with E-state index in [-0.39, 0.29) is 11.6 Å². The van der Waals surface area contributed by atoms with Crippen LogP contribution in [0.1, 0.15) is 27.5 Å². The lowest BCUT2D eigenvalue weighted by Crippen LogP contribution is -2.48. The number of oxazole rings is 1. The van der Waals surface area contributed by atoms with E-state index in [4.69, 9.17) is 30.2 Å². The van der Waals surface area contributed by atoms with Gasteiger partial charge in [0.1, 0.15) is 6.07 Å². The van der Waals surface area contributed by atoms with E-state index in [9.17, 15) is 10.1 Å². The average Bonchev–Trinajstić information content (AvgIpc) is 3.34. The summed E-state index contributed by atoms with van der Waals surface area (Å²) < 4.78 is 22.0. The molecule has 1 aliphatic heterocycles. The van der Waals surface area contributed by atoms with Gasteiger partial charge in [-0.1, -0.05) is 29.8 Å². The summed E-state index contributed by atoms with van der Waals surface area (Å²) in [6.45, 7) is 1.83. The second-order valence-corrected chi connectivity index (χ2v) is 8.27. The van der Waals surface area contributed by atoms with Gasteiger partial charge in [-0.25, -0.2) is 0 Å². The molecule has 0 radical (unpaired) electrons. The molecule has 0 N–H and O–H groups in total. The van der Waals surface area contributed by atoms with Crippen LogP contribution in [0.2, 0.25) is 5.02 Å². The number of ether oxygens (including phenoxy) is 3. The van der Waals surface area contributed by atoms with Crippen molar-refractivity contribution in [1.82, 2.24) is 9.88 Å². The first-order chi connectivity index (χ1) is 17.5. The second-order valence-electron chi connectivity index (χ2n) is 7.87. The molecule has 1 aliphatic rings. The van der Waals surface area contributed by atoms with E-state index < -0.39 is 0 Å². The molecule has 9 nitrogen and oxygen atoms in total. The first-order valence-corrected chi connectivity index (χ1v) is 11.5. The number of aromatic nitrogens is 1. The molecule has 186 valence electrons. The normalized spacial score (nSPS) is 13.5. The third kappa shape index (κ3) is 5.09. The fourth-order valence-electron chi connectivity index (χ4n) is 3.96. The van der Waals surface area contributed by atoms with E-state index in [1.807, 2.05) is 23.1 Å². The highest BCUT2D eigenvalue weighted by atomic mass is 35.5. The lowest BCUT2D eigenvalue weighted by atomic mass is 10.1. The number of rotatable bonds is 7. The molecule has 3 aromatic rings. The van der Waals surface area contributed by atoms with Gasteiger partial charge in [-0.3, -0.25) is 4.79 Å². The second kappa shape index (κ2) is 11.1. The van der Waals surface area contributed by atoms with Gasteiger partial charge < -0.3 is 28.4 Å². The first kappa shape index (κ1) is 24.9. The number of hydrogen-bond acceptors (Lipinski definition) is 8.